The standard InChI is InChI=1S/C21H25N5O3/c1-14-9-18(29-25-14)10-20(27)26-8-2-3-19(26)21(28)24-13-15-4-6-16(7-5-15)17(11-22)12-23/h4-7,9,11-12,19,22H,2-3,8,10,13,23H2,1H3,(H,24,28)/b17-12+,22-11?/t19-/m0/s1. The van der Waals surface area contributed by atoms with Crippen LogP contribution in [-0.4, -0.2) is 40.7 Å². The van der Waals surface area contributed by atoms with E-state index in [1.807, 2.05) is 24.3 Å². The Morgan fingerprint density at radius 2 is 2.14 bits per heavy atom. The molecular weight excluding hydrogens is 370 g/mol. The fourth-order valence-corrected chi connectivity index (χ4v) is 3.44. The van der Waals surface area contributed by atoms with Crippen molar-refractivity contribution in [1.29, 1.82) is 5.41 Å². The zero-order chi connectivity index (χ0) is 20.8. The van der Waals surface area contributed by atoms with Crippen LogP contribution in [0.15, 0.2) is 41.1 Å². The van der Waals surface area contributed by atoms with Gasteiger partial charge in [-0.25, -0.2) is 0 Å². The summed E-state index contributed by atoms with van der Waals surface area (Å²) >= 11 is 0. The Morgan fingerprint density at radius 3 is 2.76 bits per heavy atom. The fourth-order valence-electron chi connectivity index (χ4n) is 3.44. The zero-order valence-electron chi connectivity index (χ0n) is 16.4. The molecule has 1 aliphatic heterocycles. The number of nitrogens with two attached hydrogens (primary N) is 1. The van der Waals surface area contributed by atoms with E-state index >= 15 is 0 Å². The zero-order valence-corrected chi connectivity index (χ0v) is 16.4. The highest BCUT2D eigenvalue weighted by Crippen LogP contribution is 2.20. The Bertz CT molecular complexity index is 917. The van der Waals surface area contributed by atoms with Gasteiger partial charge in [-0.2, -0.15) is 0 Å². The van der Waals surface area contributed by atoms with Crippen molar-refractivity contribution in [2.75, 3.05) is 6.54 Å². The lowest BCUT2D eigenvalue weighted by molar-refractivity contribution is -0.138. The minimum absolute atomic E-state index is 0.107. The molecule has 3 rings (SSSR count). The van der Waals surface area contributed by atoms with Crippen molar-refractivity contribution in [2.24, 2.45) is 5.73 Å². The molecule has 0 saturated carbocycles. The third kappa shape index (κ3) is 4.90. The fraction of sp³-hybridized carbons (Fsp3) is 0.333. The summed E-state index contributed by atoms with van der Waals surface area (Å²) in [4.78, 5) is 26.9. The number of nitrogens with zero attached hydrogens (tertiary/aromatic N) is 2. The van der Waals surface area contributed by atoms with Crippen molar-refractivity contribution in [3.8, 4) is 0 Å². The van der Waals surface area contributed by atoms with Crippen LogP contribution in [0.5, 0.6) is 0 Å². The van der Waals surface area contributed by atoms with E-state index in [0.29, 0.717) is 30.8 Å². The van der Waals surface area contributed by atoms with E-state index < -0.39 is 6.04 Å². The van der Waals surface area contributed by atoms with Crippen molar-refractivity contribution in [1.82, 2.24) is 15.4 Å². The van der Waals surface area contributed by atoms with Crippen molar-refractivity contribution in [2.45, 2.75) is 38.8 Å². The molecule has 2 heterocycles. The number of aryl methyl sites for hydroxylation is 1. The van der Waals surface area contributed by atoms with E-state index in [1.165, 1.54) is 12.4 Å². The van der Waals surface area contributed by atoms with E-state index in [4.69, 9.17) is 15.7 Å². The van der Waals surface area contributed by atoms with Crippen molar-refractivity contribution >= 4 is 23.6 Å². The number of rotatable bonds is 7. The topological polar surface area (TPSA) is 125 Å². The number of carbonyl (C=O) groups is 2. The molecule has 0 aliphatic carbocycles. The lowest BCUT2D eigenvalue weighted by atomic mass is 10.1. The van der Waals surface area contributed by atoms with Crippen LogP contribution in [0.4, 0.5) is 0 Å². The third-order valence-corrected chi connectivity index (χ3v) is 4.97. The number of hydrogen-bond donors (Lipinski definition) is 3. The van der Waals surface area contributed by atoms with Gasteiger partial charge in [0.1, 0.15) is 11.8 Å². The SMILES string of the molecule is Cc1cc(CC(=O)N2CCC[C@H]2C(=O)NCc2ccc(/C(C=N)=C/N)cc2)on1. The third-order valence-electron chi connectivity index (χ3n) is 4.97. The number of benzene rings is 1. The van der Waals surface area contributed by atoms with Gasteiger partial charge in [0.15, 0.2) is 0 Å². The average Bonchev–Trinajstić information content (AvgIpc) is 3.37. The average molecular weight is 395 g/mol. The van der Waals surface area contributed by atoms with E-state index in [1.54, 1.807) is 17.9 Å². The summed E-state index contributed by atoms with van der Waals surface area (Å²) in [5, 5.41) is 14.0. The summed E-state index contributed by atoms with van der Waals surface area (Å²) in [6.45, 7) is 2.73. The molecule has 4 N–H and O–H groups in total. The molecule has 1 fully saturated rings. The molecule has 0 radical (unpaired) electrons. The smallest absolute Gasteiger partial charge is 0.243 e. The molecule has 0 unspecified atom stereocenters. The van der Waals surface area contributed by atoms with Crippen LogP contribution in [0.25, 0.3) is 5.57 Å². The largest absolute Gasteiger partial charge is 0.404 e. The van der Waals surface area contributed by atoms with E-state index in [9.17, 15) is 9.59 Å². The molecule has 1 aliphatic rings. The number of aromatic nitrogens is 1. The maximum absolute atomic E-state index is 12.7. The number of hydrogen-bond acceptors (Lipinski definition) is 6. The number of likely N-dealkylation sites (tertiary alicyclic amines) is 1. The van der Waals surface area contributed by atoms with Gasteiger partial charge in [0.05, 0.1) is 12.1 Å². The minimum atomic E-state index is -0.463. The first-order chi connectivity index (χ1) is 14.0. The van der Waals surface area contributed by atoms with Gasteiger partial charge in [-0.3, -0.25) is 9.59 Å². The quantitative estimate of drug-likeness (QED) is 0.616. The van der Waals surface area contributed by atoms with Gasteiger partial charge in [-0.15, -0.1) is 0 Å². The summed E-state index contributed by atoms with van der Waals surface area (Å²) in [5.74, 6) is 0.223. The highest BCUT2D eigenvalue weighted by molar-refractivity contribution is 6.08. The lowest BCUT2D eigenvalue weighted by Crippen LogP contribution is -2.46. The maximum atomic E-state index is 12.7. The van der Waals surface area contributed by atoms with Crippen LogP contribution in [0.3, 0.4) is 0 Å². The van der Waals surface area contributed by atoms with E-state index in [0.717, 1.165) is 23.2 Å². The molecule has 1 saturated heterocycles. The number of allylic oxidation sites excluding steroid dienone is 1. The van der Waals surface area contributed by atoms with Crippen LogP contribution < -0.4 is 11.1 Å². The maximum Gasteiger partial charge on any atom is 0.243 e. The number of nitrogens with one attached hydrogen (secondary N) is 2. The molecule has 8 nitrogen and oxygen atoms in total. The van der Waals surface area contributed by atoms with Gasteiger partial charge >= 0.3 is 0 Å². The summed E-state index contributed by atoms with van der Waals surface area (Å²) in [6, 6.07) is 8.75. The molecule has 0 bridgehead atoms. The van der Waals surface area contributed by atoms with Crippen LogP contribution >= 0.6 is 0 Å². The second kappa shape index (κ2) is 9.18. The van der Waals surface area contributed by atoms with E-state index in [-0.39, 0.29) is 18.2 Å². The lowest BCUT2D eigenvalue weighted by Gasteiger charge is -2.23. The molecule has 2 aromatic rings. The molecule has 1 aromatic carbocycles. The molecule has 29 heavy (non-hydrogen) atoms. The predicted octanol–water partition coefficient (Wildman–Crippen LogP) is 1.78. The van der Waals surface area contributed by atoms with Gasteiger partial charge in [-0.1, -0.05) is 29.4 Å². The molecule has 1 atom stereocenters. The first-order valence-electron chi connectivity index (χ1n) is 9.53. The summed E-state index contributed by atoms with van der Waals surface area (Å²) < 4.78 is 5.11. The number of amides is 2. The molecule has 0 spiro atoms. The van der Waals surface area contributed by atoms with Gasteiger partial charge < -0.3 is 25.9 Å². The van der Waals surface area contributed by atoms with Crippen LogP contribution in [0.1, 0.15) is 35.4 Å². The van der Waals surface area contributed by atoms with E-state index in [2.05, 4.69) is 10.5 Å². The molecule has 2 amide bonds. The molecule has 8 heteroatoms. The second-order valence-corrected chi connectivity index (χ2v) is 7.04. The monoisotopic (exact) mass is 395 g/mol. The van der Waals surface area contributed by atoms with Gasteiger partial charge in [0.25, 0.3) is 0 Å². The Balaban J connectivity index is 1.56. The summed E-state index contributed by atoms with van der Waals surface area (Å²) in [7, 11) is 0. The normalized spacial score (nSPS) is 16.7. The number of carbonyl (C=O) groups excluding carboxylic acids is 2. The van der Waals surface area contributed by atoms with Crippen LogP contribution in [-0.2, 0) is 22.6 Å². The van der Waals surface area contributed by atoms with Gasteiger partial charge in [-0.05, 0) is 30.9 Å². The Morgan fingerprint density at radius 1 is 1.38 bits per heavy atom. The Kier molecular flexibility index (Phi) is 6.43. The van der Waals surface area contributed by atoms with Crippen molar-refractivity contribution < 1.29 is 14.1 Å². The van der Waals surface area contributed by atoms with Gasteiger partial charge in [0.2, 0.25) is 11.8 Å². The first kappa shape index (κ1) is 20.3. The first-order valence-corrected chi connectivity index (χ1v) is 9.53. The summed E-state index contributed by atoms with van der Waals surface area (Å²) in [6.07, 6.45) is 4.13. The molecular formula is C21H25N5O3. The highest BCUT2D eigenvalue weighted by atomic mass is 16.5. The highest BCUT2D eigenvalue weighted by Gasteiger charge is 2.34. The second-order valence-electron chi connectivity index (χ2n) is 7.04. The minimum Gasteiger partial charge on any atom is -0.404 e. The van der Waals surface area contributed by atoms with Crippen LogP contribution in [0, 0.1) is 12.3 Å². The summed E-state index contributed by atoms with van der Waals surface area (Å²) in [5.41, 5.74) is 8.62. The van der Waals surface area contributed by atoms with Crippen molar-refractivity contribution in [3.63, 3.8) is 0 Å². The Hall–Kier alpha value is -3.42. The predicted molar refractivity (Wildman–Crippen MR) is 109 cm³/mol. The van der Waals surface area contributed by atoms with Gasteiger partial charge in [0, 0.05) is 37.1 Å². The Labute approximate surface area is 169 Å². The molecule has 1 aromatic heterocycles. The molecule has 152 valence electrons. The van der Waals surface area contributed by atoms with Crippen molar-refractivity contribution in [3.05, 3.63) is 59.1 Å². The van der Waals surface area contributed by atoms with Crippen LogP contribution in [0.2, 0.25) is 0 Å².